The Morgan fingerprint density at radius 2 is 1.79 bits per heavy atom. The molecule has 4 heterocycles. The minimum absolute atomic E-state index is 0.0410. The van der Waals surface area contributed by atoms with Gasteiger partial charge in [-0.15, -0.1) is 0 Å². The van der Waals surface area contributed by atoms with Crippen LogP contribution in [0.5, 0.6) is 5.75 Å². The molecule has 2 fully saturated rings. The molecule has 7 nitrogen and oxygen atoms in total. The summed E-state index contributed by atoms with van der Waals surface area (Å²) in [5.41, 5.74) is 0.441. The molecule has 0 aliphatic carbocycles. The Kier molecular flexibility index (Phi) is 6.51. The molecule has 0 amide bonds. The maximum atomic E-state index is 13.3. The topological polar surface area (TPSA) is 81.6 Å². The van der Waals surface area contributed by atoms with Crippen LogP contribution in [-0.2, 0) is 14.6 Å². The second kappa shape index (κ2) is 8.94. The number of ether oxygens (including phenoxy) is 2. The standard InChI is InChI=1S/C20H30ClN3O4S/c1-14-15-13-27-11-10-24(15)19-18(28-14)17(22-20(21)23-19)16-9-7-5-3-2-4-6-8-12-29(16,25)26/h14-16H,2-13H2,1H3. The minimum atomic E-state index is -3.36. The van der Waals surface area contributed by atoms with E-state index in [0.717, 1.165) is 32.1 Å². The third-order valence-corrected chi connectivity index (χ3v) is 8.62. The van der Waals surface area contributed by atoms with E-state index in [2.05, 4.69) is 14.9 Å². The molecule has 2 saturated heterocycles. The van der Waals surface area contributed by atoms with Crippen molar-refractivity contribution in [1.29, 1.82) is 0 Å². The van der Waals surface area contributed by atoms with Crippen LogP contribution < -0.4 is 9.64 Å². The molecule has 3 atom stereocenters. The molecule has 0 N–H and O–H groups in total. The highest BCUT2D eigenvalue weighted by Gasteiger charge is 2.41. The number of halogens is 1. The van der Waals surface area contributed by atoms with Gasteiger partial charge in [-0.25, -0.2) is 13.4 Å². The minimum Gasteiger partial charge on any atom is -0.483 e. The third-order valence-electron chi connectivity index (χ3n) is 6.26. The molecule has 1 aromatic rings. The third kappa shape index (κ3) is 4.49. The second-order valence-corrected chi connectivity index (χ2v) is 10.9. The van der Waals surface area contributed by atoms with Crippen molar-refractivity contribution in [2.24, 2.45) is 0 Å². The summed E-state index contributed by atoms with van der Waals surface area (Å²) >= 11 is 6.29. The normalized spacial score (nSPS) is 30.4. The van der Waals surface area contributed by atoms with Crippen LogP contribution in [0.15, 0.2) is 0 Å². The average molecular weight is 444 g/mol. The maximum Gasteiger partial charge on any atom is 0.224 e. The fourth-order valence-corrected chi connectivity index (χ4v) is 6.73. The van der Waals surface area contributed by atoms with Crippen molar-refractivity contribution in [3.05, 3.63) is 11.0 Å². The van der Waals surface area contributed by atoms with Crippen molar-refractivity contribution in [2.75, 3.05) is 30.4 Å². The highest BCUT2D eigenvalue weighted by Crippen LogP contribution is 2.44. The van der Waals surface area contributed by atoms with Crippen molar-refractivity contribution in [2.45, 2.75) is 75.7 Å². The Bertz CT molecular complexity index is 835. The van der Waals surface area contributed by atoms with Crippen LogP contribution in [0.25, 0.3) is 0 Å². The summed E-state index contributed by atoms with van der Waals surface area (Å²) in [5, 5.41) is -0.619. The summed E-state index contributed by atoms with van der Waals surface area (Å²) in [6.07, 6.45) is 7.39. The quantitative estimate of drug-likeness (QED) is 0.612. The van der Waals surface area contributed by atoms with Crippen LogP contribution in [0.2, 0.25) is 5.28 Å². The van der Waals surface area contributed by atoms with Gasteiger partial charge in [0.05, 0.1) is 25.0 Å². The molecule has 0 saturated carbocycles. The number of sulfone groups is 1. The Morgan fingerprint density at radius 1 is 1.07 bits per heavy atom. The lowest BCUT2D eigenvalue weighted by Crippen LogP contribution is -2.55. The zero-order valence-electron chi connectivity index (χ0n) is 17.0. The summed E-state index contributed by atoms with van der Waals surface area (Å²) in [6.45, 7) is 3.82. The molecule has 0 bridgehead atoms. The fraction of sp³-hybridized carbons (Fsp3) is 0.800. The number of morpholine rings is 1. The predicted molar refractivity (Wildman–Crippen MR) is 113 cm³/mol. The molecule has 3 aliphatic heterocycles. The monoisotopic (exact) mass is 443 g/mol. The van der Waals surface area contributed by atoms with Gasteiger partial charge in [0.15, 0.2) is 21.4 Å². The van der Waals surface area contributed by atoms with Crippen molar-refractivity contribution in [3.8, 4) is 5.75 Å². The smallest absolute Gasteiger partial charge is 0.224 e. The lowest BCUT2D eigenvalue weighted by Gasteiger charge is -2.44. The summed E-state index contributed by atoms with van der Waals surface area (Å²) < 4.78 is 38.4. The Labute approximate surface area is 178 Å². The number of fused-ring (bicyclic) bond motifs is 3. The number of hydrogen-bond acceptors (Lipinski definition) is 7. The Hall–Kier alpha value is -1.12. The molecular weight excluding hydrogens is 414 g/mol. The van der Waals surface area contributed by atoms with Gasteiger partial charge in [-0.3, -0.25) is 0 Å². The highest BCUT2D eigenvalue weighted by atomic mass is 35.5. The Morgan fingerprint density at radius 3 is 2.59 bits per heavy atom. The van der Waals surface area contributed by atoms with Crippen LogP contribution in [0, 0.1) is 0 Å². The van der Waals surface area contributed by atoms with E-state index in [-0.39, 0.29) is 23.2 Å². The van der Waals surface area contributed by atoms with Crippen LogP contribution in [0.3, 0.4) is 0 Å². The molecule has 1 aromatic heterocycles. The summed E-state index contributed by atoms with van der Waals surface area (Å²) in [5.74, 6) is 1.28. The maximum absolute atomic E-state index is 13.3. The molecule has 9 heteroatoms. The van der Waals surface area contributed by atoms with E-state index < -0.39 is 15.1 Å². The van der Waals surface area contributed by atoms with E-state index in [9.17, 15) is 8.42 Å². The van der Waals surface area contributed by atoms with Crippen molar-refractivity contribution in [1.82, 2.24) is 9.97 Å². The first kappa shape index (κ1) is 21.1. The molecule has 162 valence electrons. The van der Waals surface area contributed by atoms with Gasteiger partial charge in [-0.1, -0.05) is 38.5 Å². The largest absolute Gasteiger partial charge is 0.483 e. The van der Waals surface area contributed by atoms with Gasteiger partial charge in [0.25, 0.3) is 0 Å². The number of nitrogens with zero attached hydrogens (tertiary/aromatic N) is 3. The zero-order valence-corrected chi connectivity index (χ0v) is 18.6. The van der Waals surface area contributed by atoms with E-state index in [1.807, 2.05) is 6.92 Å². The lowest BCUT2D eigenvalue weighted by atomic mass is 10.0. The van der Waals surface area contributed by atoms with Crippen LogP contribution in [0.4, 0.5) is 5.82 Å². The summed E-state index contributed by atoms with van der Waals surface area (Å²) in [6, 6.07) is 0.0410. The Balaban J connectivity index is 1.75. The van der Waals surface area contributed by atoms with Crippen LogP contribution in [-0.4, -0.2) is 56.0 Å². The van der Waals surface area contributed by atoms with Crippen molar-refractivity contribution < 1.29 is 17.9 Å². The van der Waals surface area contributed by atoms with E-state index in [1.165, 1.54) is 6.42 Å². The van der Waals surface area contributed by atoms with E-state index in [4.69, 9.17) is 21.1 Å². The first-order valence-electron chi connectivity index (χ1n) is 10.8. The van der Waals surface area contributed by atoms with Crippen LogP contribution >= 0.6 is 11.6 Å². The van der Waals surface area contributed by atoms with Gasteiger partial charge in [0, 0.05) is 6.54 Å². The summed E-state index contributed by atoms with van der Waals surface area (Å²) in [4.78, 5) is 11.0. The van der Waals surface area contributed by atoms with Crippen molar-refractivity contribution >= 4 is 27.3 Å². The van der Waals surface area contributed by atoms with E-state index in [1.54, 1.807) is 0 Å². The molecule has 4 rings (SSSR count). The van der Waals surface area contributed by atoms with E-state index in [0.29, 0.717) is 49.9 Å². The number of anilines is 1. The number of hydrogen-bond donors (Lipinski definition) is 0. The lowest BCUT2D eigenvalue weighted by molar-refractivity contribution is 0.0413. The van der Waals surface area contributed by atoms with Gasteiger partial charge in [0.1, 0.15) is 17.0 Å². The molecule has 3 unspecified atom stereocenters. The van der Waals surface area contributed by atoms with Gasteiger partial charge in [0.2, 0.25) is 5.28 Å². The first-order chi connectivity index (χ1) is 14.0. The second-order valence-electron chi connectivity index (χ2n) is 8.31. The average Bonchev–Trinajstić information content (AvgIpc) is 2.73. The summed E-state index contributed by atoms with van der Waals surface area (Å²) in [7, 11) is -3.36. The highest BCUT2D eigenvalue weighted by molar-refractivity contribution is 7.91. The van der Waals surface area contributed by atoms with E-state index >= 15 is 0 Å². The fourth-order valence-electron chi connectivity index (χ4n) is 4.64. The predicted octanol–water partition coefficient (Wildman–Crippen LogP) is 3.71. The van der Waals surface area contributed by atoms with Gasteiger partial charge in [-0.05, 0) is 31.4 Å². The van der Waals surface area contributed by atoms with Gasteiger partial charge in [-0.2, -0.15) is 4.98 Å². The van der Waals surface area contributed by atoms with Gasteiger partial charge >= 0.3 is 0 Å². The molecular formula is C20H30ClN3O4S. The molecule has 0 radical (unpaired) electrons. The SMILES string of the molecule is CC1Oc2c(C3CCCCCCCCCS3(=O)=O)nc(Cl)nc2N2CCOCC12. The first-order valence-corrected chi connectivity index (χ1v) is 12.9. The number of rotatable bonds is 1. The zero-order chi connectivity index (χ0) is 20.4. The molecule has 29 heavy (non-hydrogen) atoms. The number of aromatic nitrogens is 2. The molecule has 0 aromatic carbocycles. The molecule has 0 spiro atoms. The van der Waals surface area contributed by atoms with Crippen LogP contribution in [0.1, 0.15) is 69.2 Å². The van der Waals surface area contributed by atoms with Gasteiger partial charge < -0.3 is 14.4 Å². The van der Waals surface area contributed by atoms with Crippen molar-refractivity contribution in [3.63, 3.8) is 0 Å². The molecule has 3 aliphatic rings.